The van der Waals surface area contributed by atoms with Crippen molar-refractivity contribution in [2.24, 2.45) is 0 Å². The van der Waals surface area contributed by atoms with Crippen molar-refractivity contribution in [3.8, 4) is 62.1 Å². The number of rotatable bonds is 6. The third-order valence-electron chi connectivity index (χ3n) is 10.9. The molecule has 0 amide bonds. The van der Waals surface area contributed by atoms with Gasteiger partial charge >= 0.3 is 0 Å². The van der Waals surface area contributed by atoms with Gasteiger partial charge < -0.3 is 8.98 Å². The fraction of sp³-hybridized carbons (Fsp3) is 0.0392. The van der Waals surface area contributed by atoms with Crippen molar-refractivity contribution < 1.29 is 4.42 Å². The van der Waals surface area contributed by atoms with Crippen LogP contribution in [0.5, 0.6) is 0 Å². The molecule has 264 valence electrons. The Morgan fingerprint density at radius 2 is 1.11 bits per heavy atom. The first-order valence-electron chi connectivity index (χ1n) is 19.1. The second kappa shape index (κ2) is 13.2. The molecular formula is C51H34N4O. The van der Waals surface area contributed by atoms with Crippen molar-refractivity contribution in [3.05, 3.63) is 187 Å². The predicted octanol–water partition coefficient (Wildman–Crippen LogP) is 13.0. The molecule has 0 aliphatic heterocycles. The Morgan fingerprint density at radius 3 is 1.86 bits per heavy atom. The molecule has 1 aliphatic rings. The van der Waals surface area contributed by atoms with Gasteiger partial charge in [-0.2, -0.15) is 0 Å². The Labute approximate surface area is 323 Å². The molecule has 5 heteroatoms. The van der Waals surface area contributed by atoms with E-state index in [9.17, 15) is 0 Å². The zero-order valence-electron chi connectivity index (χ0n) is 30.4. The van der Waals surface area contributed by atoms with Gasteiger partial charge in [0.2, 0.25) is 0 Å². The van der Waals surface area contributed by atoms with Crippen LogP contribution in [0.25, 0.3) is 101 Å². The smallest absolute Gasteiger partial charge is 0.167 e. The highest BCUT2D eigenvalue weighted by atomic mass is 16.3. The normalized spacial score (nSPS) is 12.4. The third kappa shape index (κ3) is 5.28. The molecule has 3 heterocycles. The summed E-state index contributed by atoms with van der Waals surface area (Å²) in [5.74, 6) is 1.80. The third-order valence-corrected chi connectivity index (χ3v) is 10.9. The highest BCUT2D eigenvalue weighted by Crippen LogP contribution is 2.44. The van der Waals surface area contributed by atoms with E-state index in [-0.39, 0.29) is 0 Å². The number of nitrogens with zero attached hydrogens (tertiary/aromatic N) is 4. The second-order valence-corrected chi connectivity index (χ2v) is 14.3. The van der Waals surface area contributed by atoms with Crippen LogP contribution in [-0.4, -0.2) is 19.5 Å². The van der Waals surface area contributed by atoms with Crippen LogP contribution in [0.15, 0.2) is 180 Å². The quantitative estimate of drug-likeness (QED) is 0.172. The van der Waals surface area contributed by atoms with Gasteiger partial charge in [-0.25, -0.2) is 15.0 Å². The molecule has 56 heavy (non-hydrogen) atoms. The number of hydrogen-bond acceptors (Lipinski definition) is 4. The first kappa shape index (κ1) is 32.1. The van der Waals surface area contributed by atoms with E-state index in [2.05, 4.69) is 120 Å². The molecule has 0 radical (unpaired) electrons. The second-order valence-electron chi connectivity index (χ2n) is 14.3. The molecule has 5 nitrogen and oxygen atoms in total. The standard InChI is InChI=1S/C51H34N4O/c1-4-16-33(17-5-1)49-52-50(34-18-6-2-7-19-34)54-51(53-49)42-27-14-26-41-47-40(25-15-29-46(47)56-48(41)42)38-23-11-10-22-37(38)35-30-31-45-43(32-35)39-24-12-13-28-44(39)55(45)36-20-8-3-9-21-36/h1-12,14-27,29-32H,13,28H2. The number of benzene rings is 7. The maximum atomic E-state index is 6.79. The molecule has 0 fully saturated rings. The van der Waals surface area contributed by atoms with E-state index in [1.54, 1.807) is 0 Å². The number of para-hydroxylation sites is 2. The van der Waals surface area contributed by atoms with Crippen LogP contribution >= 0.6 is 0 Å². The van der Waals surface area contributed by atoms with Crippen LogP contribution in [0.4, 0.5) is 0 Å². The maximum absolute atomic E-state index is 6.79. The minimum Gasteiger partial charge on any atom is -0.455 e. The number of hydrogen-bond donors (Lipinski definition) is 0. The molecule has 0 bridgehead atoms. The topological polar surface area (TPSA) is 56.7 Å². The molecule has 10 aromatic rings. The lowest BCUT2D eigenvalue weighted by Crippen LogP contribution is -2.02. The lowest BCUT2D eigenvalue weighted by Gasteiger charge is -2.13. The Morgan fingerprint density at radius 1 is 0.482 bits per heavy atom. The van der Waals surface area contributed by atoms with Gasteiger partial charge in [0.05, 0.1) is 11.1 Å². The molecular weight excluding hydrogens is 685 g/mol. The Bertz CT molecular complexity index is 3070. The van der Waals surface area contributed by atoms with Crippen LogP contribution in [0, 0.1) is 0 Å². The molecule has 0 saturated carbocycles. The van der Waals surface area contributed by atoms with Gasteiger partial charge in [-0.05, 0) is 71.5 Å². The van der Waals surface area contributed by atoms with Crippen molar-refractivity contribution in [2.45, 2.75) is 12.8 Å². The fourth-order valence-corrected chi connectivity index (χ4v) is 8.41. The Balaban J connectivity index is 1.08. The molecule has 0 N–H and O–H groups in total. The molecule has 0 saturated heterocycles. The van der Waals surface area contributed by atoms with Crippen LogP contribution in [0.2, 0.25) is 0 Å². The molecule has 3 aromatic heterocycles. The average Bonchev–Trinajstić information content (AvgIpc) is 3.83. The predicted molar refractivity (Wildman–Crippen MR) is 228 cm³/mol. The van der Waals surface area contributed by atoms with Gasteiger partial charge in [-0.3, -0.25) is 0 Å². The summed E-state index contributed by atoms with van der Waals surface area (Å²) >= 11 is 0. The van der Waals surface area contributed by atoms with Crippen molar-refractivity contribution in [1.29, 1.82) is 0 Å². The van der Waals surface area contributed by atoms with Crippen molar-refractivity contribution in [1.82, 2.24) is 19.5 Å². The first-order valence-corrected chi connectivity index (χ1v) is 19.1. The van der Waals surface area contributed by atoms with E-state index in [0.29, 0.717) is 17.5 Å². The summed E-state index contributed by atoms with van der Waals surface area (Å²) in [7, 11) is 0. The van der Waals surface area contributed by atoms with E-state index < -0.39 is 0 Å². The summed E-state index contributed by atoms with van der Waals surface area (Å²) in [5.41, 5.74) is 14.0. The fourth-order valence-electron chi connectivity index (χ4n) is 8.41. The summed E-state index contributed by atoms with van der Waals surface area (Å²) in [6.07, 6.45) is 6.68. The Hall–Kier alpha value is -7.37. The van der Waals surface area contributed by atoms with Crippen LogP contribution in [-0.2, 0) is 6.42 Å². The van der Waals surface area contributed by atoms with Gasteiger partial charge in [-0.1, -0.05) is 146 Å². The summed E-state index contributed by atoms with van der Waals surface area (Å²) in [6.45, 7) is 0. The minimum atomic E-state index is 0.567. The zero-order chi connectivity index (χ0) is 37.0. The molecule has 11 rings (SSSR count). The monoisotopic (exact) mass is 718 g/mol. The van der Waals surface area contributed by atoms with E-state index in [1.165, 1.54) is 39.0 Å². The van der Waals surface area contributed by atoms with Crippen LogP contribution < -0.4 is 0 Å². The number of fused-ring (bicyclic) bond motifs is 6. The summed E-state index contributed by atoms with van der Waals surface area (Å²) in [5, 5.41) is 3.35. The number of furan rings is 1. The molecule has 0 atom stereocenters. The van der Waals surface area contributed by atoms with Gasteiger partial charge in [0, 0.05) is 44.2 Å². The zero-order valence-corrected chi connectivity index (χ0v) is 30.4. The summed E-state index contributed by atoms with van der Waals surface area (Å²) in [4.78, 5) is 15.0. The SMILES string of the molecule is C1=Cc2c(n(-c3ccccc3)c3ccc(-c4ccccc4-c4cccc5oc6c(-c7nc(-c8ccccc8)nc(-c8ccccc8)n7)cccc6c45)cc23)CC1. The molecule has 0 unspecified atom stereocenters. The lowest BCUT2D eigenvalue weighted by atomic mass is 9.91. The summed E-state index contributed by atoms with van der Waals surface area (Å²) in [6, 6.07) is 59.1. The van der Waals surface area contributed by atoms with Crippen LogP contribution in [0.3, 0.4) is 0 Å². The van der Waals surface area contributed by atoms with Gasteiger partial charge in [0.25, 0.3) is 0 Å². The summed E-state index contributed by atoms with van der Waals surface area (Å²) < 4.78 is 9.23. The van der Waals surface area contributed by atoms with Crippen molar-refractivity contribution >= 4 is 38.9 Å². The largest absolute Gasteiger partial charge is 0.455 e. The average molecular weight is 719 g/mol. The number of aromatic nitrogens is 4. The van der Waals surface area contributed by atoms with Gasteiger partial charge in [0.1, 0.15) is 11.2 Å². The van der Waals surface area contributed by atoms with E-state index in [0.717, 1.165) is 62.6 Å². The van der Waals surface area contributed by atoms with Crippen molar-refractivity contribution in [2.75, 3.05) is 0 Å². The number of allylic oxidation sites excluding steroid dienone is 1. The molecule has 1 aliphatic carbocycles. The minimum absolute atomic E-state index is 0.567. The van der Waals surface area contributed by atoms with E-state index >= 15 is 0 Å². The highest BCUT2D eigenvalue weighted by Gasteiger charge is 2.22. The van der Waals surface area contributed by atoms with Gasteiger partial charge in [-0.15, -0.1) is 0 Å². The van der Waals surface area contributed by atoms with Gasteiger partial charge in [0.15, 0.2) is 17.5 Å². The molecule has 0 spiro atoms. The Kier molecular flexibility index (Phi) is 7.56. The highest BCUT2D eigenvalue weighted by molar-refractivity contribution is 6.16. The van der Waals surface area contributed by atoms with E-state index in [4.69, 9.17) is 19.4 Å². The van der Waals surface area contributed by atoms with Crippen LogP contribution in [0.1, 0.15) is 17.7 Å². The molecule has 7 aromatic carbocycles. The van der Waals surface area contributed by atoms with Crippen molar-refractivity contribution in [3.63, 3.8) is 0 Å². The first-order chi connectivity index (χ1) is 27.8. The lowest BCUT2D eigenvalue weighted by molar-refractivity contribution is 0.669. The maximum Gasteiger partial charge on any atom is 0.167 e. The van der Waals surface area contributed by atoms with E-state index in [1.807, 2.05) is 66.7 Å².